The van der Waals surface area contributed by atoms with Gasteiger partial charge < -0.3 is 19.2 Å². The second-order valence-corrected chi connectivity index (χ2v) is 7.01. The van der Waals surface area contributed by atoms with E-state index in [1.54, 1.807) is 31.4 Å². The fourth-order valence-corrected chi connectivity index (χ4v) is 3.57. The molecule has 0 aliphatic rings. The molecule has 0 saturated carbocycles. The lowest BCUT2D eigenvalue weighted by Crippen LogP contribution is -2.13. The number of nitrogens with one attached hydrogen (secondary N) is 1. The number of hydrogen-bond donors (Lipinski definition) is 1. The van der Waals surface area contributed by atoms with Crippen molar-refractivity contribution in [3.63, 3.8) is 0 Å². The van der Waals surface area contributed by atoms with Gasteiger partial charge in [-0.05, 0) is 36.4 Å². The van der Waals surface area contributed by atoms with Crippen molar-refractivity contribution in [1.82, 2.24) is 0 Å². The third-order valence-corrected chi connectivity index (χ3v) is 5.05. The van der Waals surface area contributed by atoms with Crippen molar-refractivity contribution in [2.24, 2.45) is 0 Å². The van der Waals surface area contributed by atoms with Gasteiger partial charge in [0.25, 0.3) is 5.91 Å². The van der Waals surface area contributed by atoms with E-state index < -0.39 is 0 Å². The van der Waals surface area contributed by atoms with Crippen LogP contribution in [0.3, 0.4) is 0 Å². The van der Waals surface area contributed by atoms with Crippen LogP contribution in [0.2, 0.25) is 0 Å². The van der Waals surface area contributed by atoms with Gasteiger partial charge in [0.05, 0.1) is 18.4 Å². The predicted molar refractivity (Wildman–Crippen MR) is 121 cm³/mol. The summed E-state index contributed by atoms with van der Waals surface area (Å²) in [5.41, 5.74) is 2.39. The highest BCUT2D eigenvalue weighted by molar-refractivity contribution is 6.10. The predicted octanol–water partition coefficient (Wildman–Crippen LogP) is 6.64. The molecule has 31 heavy (non-hydrogen) atoms. The standard InChI is InChI=1S/C26H19NO4/c1-29-25-15-20-18-11-5-7-13-22(18)31-24(20)16-21(25)27-26(28)19-12-6-8-14-23(19)30-17-9-3-2-4-10-17/h2-16H,1H3,(H,27,28). The van der Waals surface area contributed by atoms with Crippen molar-refractivity contribution >= 4 is 33.5 Å². The minimum absolute atomic E-state index is 0.305. The molecule has 1 N–H and O–H groups in total. The molecular weight excluding hydrogens is 390 g/mol. The molecule has 0 spiro atoms. The van der Waals surface area contributed by atoms with Crippen LogP contribution in [0.5, 0.6) is 17.2 Å². The molecule has 1 aromatic heterocycles. The van der Waals surface area contributed by atoms with Gasteiger partial charge in [0.2, 0.25) is 0 Å². The molecule has 0 atom stereocenters. The molecule has 5 nitrogen and oxygen atoms in total. The number of rotatable bonds is 5. The first-order valence-electron chi connectivity index (χ1n) is 9.85. The minimum Gasteiger partial charge on any atom is -0.495 e. The molecule has 1 amide bonds. The highest BCUT2D eigenvalue weighted by Gasteiger charge is 2.17. The summed E-state index contributed by atoms with van der Waals surface area (Å²) >= 11 is 0. The average molecular weight is 409 g/mol. The fourth-order valence-electron chi connectivity index (χ4n) is 3.57. The molecule has 0 aliphatic heterocycles. The maximum atomic E-state index is 13.1. The van der Waals surface area contributed by atoms with E-state index in [4.69, 9.17) is 13.9 Å². The number of hydrogen-bond acceptors (Lipinski definition) is 4. The van der Waals surface area contributed by atoms with Crippen LogP contribution in [0.15, 0.2) is 95.4 Å². The Morgan fingerprint density at radius 3 is 2.35 bits per heavy atom. The molecule has 0 unspecified atom stereocenters. The van der Waals surface area contributed by atoms with E-state index in [1.807, 2.05) is 66.7 Å². The highest BCUT2D eigenvalue weighted by atomic mass is 16.5. The van der Waals surface area contributed by atoms with E-state index in [2.05, 4.69) is 5.32 Å². The number of ether oxygens (including phenoxy) is 2. The van der Waals surface area contributed by atoms with Crippen LogP contribution in [0.1, 0.15) is 10.4 Å². The molecule has 0 fully saturated rings. The van der Waals surface area contributed by atoms with Gasteiger partial charge in [0.1, 0.15) is 28.4 Å². The van der Waals surface area contributed by atoms with Crippen molar-refractivity contribution in [3.05, 3.63) is 96.6 Å². The molecule has 0 aliphatic carbocycles. The number of carbonyl (C=O) groups is 1. The van der Waals surface area contributed by atoms with Gasteiger partial charge in [-0.15, -0.1) is 0 Å². The van der Waals surface area contributed by atoms with Gasteiger partial charge in [-0.25, -0.2) is 0 Å². The second-order valence-electron chi connectivity index (χ2n) is 7.01. The maximum absolute atomic E-state index is 13.1. The zero-order valence-electron chi connectivity index (χ0n) is 16.8. The molecule has 0 radical (unpaired) electrons. The Morgan fingerprint density at radius 1 is 0.774 bits per heavy atom. The summed E-state index contributed by atoms with van der Waals surface area (Å²) in [6.07, 6.45) is 0. The van der Waals surface area contributed by atoms with Crippen LogP contribution >= 0.6 is 0 Å². The number of amides is 1. The summed E-state index contributed by atoms with van der Waals surface area (Å²) in [6, 6.07) is 27.9. The quantitative estimate of drug-likeness (QED) is 0.353. The first-order chi connectivity index (χ1) is 15.2. The number of anilines is 1. The molecule has 1 heterocycles. The van der Waals surface area contributed by atoms with Gasteiger partial charge in [0, 0.05) is 16.8 Å². The van der Waals surface area contributed by atoms with Crippen LogP contribution in [-0.2, 0) is 0 Å². The molecule has 5 aromatic rings. The Morgan fingerprint density at radius 2 is 1.52 bits per heavy atom. The van der Waals surface area contributed by atoms with Crippen molar-refractivity contribution in [2.75, 3.05) is 12.4 Å². The average Bonchev–Trinajstić information content (AvgIpc) is 3.17. The number of carbonyl (C=O) groups excluding carboxylic acids is 1. The summed E-state index contributed by atoms with van der Waals surface area (Å²) in [6.45, 7) is 0. The number of furan rings is 1. The molecule has 0 bridgehead atoms. The van der Waals surface area contributed by atoms with E-state index in [1.165, 1.54) is 0 Å². The van der Waals surface area contributed by atoms with Gasteiger partial charge >= 0.3 is 0 Å². The van der Waals surface area contributed by atoms with Gasteiger partial charge in [-0.3, -0.25) is 4.79 Å². The smallest absolute Gasteiger partial charge is 0.259 e. The molecule has 5 rings (SSSR count). The van der Waals surface area contributed by atoms with E-state index in [9.17, 15) is 4.79 Å². The second kappa shape index (κ2) is 7.88. The first kappa shape index (κ1) is 18.8. The first-order valence-corrected chi connectivity index (χ1v) is 9.85. The lowest BCUT2D eigenvalue weighted by atomic mass is 10.1. The fraction of sp³-hybridized carbons (Fsp3) is 0.0385. The lowest BCUT2D eigenvalue weighted by molar-refractivity contribution is 0.102. The van der Waals surface area contributed by atoms with Crippen LogP contribution in [-0.4, -0.2) is 13.0 Å². The minimum atomic E-state index is -0.305. The Kier molecular flexibility index (Phi) is 4.77. The normalized spacial score (nSPS) is 10.9. The molecule has 4 aromatic carbocycles. The van der Waals surface area contributed by atoms with Crippen molar-refractivity contribution in [1.29, 1.82) is 0 Å². The summed E-state index contributed by atoms with van der Waals surface area (Å²) in [7, 11) is 1.57. The van der Waals surface area contributed by atoms with Gasteiger partial charge in [0.15, 0.2) is 0 Å². The Hall–Kier alpha value is -4.25. The summed E-state index contributed by atoms with van der Waals surface area (Å²) in [5.74, 6) is 1.37. The SMILES string of the molecule is COc1cc2c(cc1NC(=O)c1ccccc1Oc1ccccc1)oc1ccccc12. The number of methoxy groups -OCH3 is 1. The summed E-state index contributed by atoms with van der Waals surface area (Å²) in [4.78, 5) is 13.1. The topological polar surface area (TPSA) is 60.7 Å². The Labute approximate surface area is 178 Å². The lowest BCUT2D eigenvalue weighted by Gasteiger charge is -2.13. The van der Waals surface area contributed by atoms with Gasteiger partial charge in [-0.1, -0.05) is 48.5 Å². The number of para-hydroxylation sites is 3. The Balaban J connectivity index is 1.50. The van der Waals surface area contributed by atoms with Crippen molar-refractivity contribution in [3.8, 4) is 17.2 Å². The third-order valence-electron chi connectivity index (χ3n) is 5.05. The van der Waals surface area contributed by atoms with Crippen molar-refractivity contribution in [2.45, 2.75) is 0 Å². The third kappa shape index (κ3) is 3.57. The van der Waals surface area contributed by atoms with E-state index >= 15 is 0 Å². The van der Waals surface area contributed by atoms with E-state index in [0.29, 0.717) is 34.1 Å². The summed E-state index contributed by atoms with van der Waals surface area (Å²) in [5, 5.41) is 4.86. The highest BCUT2D eigenvalue weighted by Crippen LogP contribution is 2.37. The zero-order valence-corrected chi connectivity index (χ0v) is 16.8. The number of benzene rings is 4. The van der Waals surface area contributed by atoms with E-state index in [0.717, 1.165) is 16.4 Å². The van der Waals surface area contributed by atoms with Gasteiger partial charge in [-0.2, -0.15) is 0 Å². The van der Waals surface area contributed by atoms with Crippen LogP contribution in [0.25, 0.3) is 21.9 Å². The van der Waals surface area contributed by atoms with Crippen LogP contribution in [0.4, 0.5) is 5.69 Å². The largest absolute Gasteiger partial charge is 0.495 e. The van der Waals surface area contributed by atoms with Crippen LogP contribution < -0.4 is 14.8 Å². The monoisotopic (exact) mass is 409 g/mol. The molecule has 152 valence electrons. The maximum Gasteiger partial charge on any atom is 0.259 e. The number of fused-ring (bicyclic) bond motifs is 3. The zero-order chi connectivity index (χ0) is 21.2. The Bertz CT molecular complexity index is 1390. The molecule has 0 saturated heterocycles. The molecular formula is C26H19NO4. The van der Waals surface area contributed by atoms with E-state index in [-0.39, 0.29) is 5.91 Å². The summed E-state index contributed by atoms with van der Waals surface area (Å²) < 4.78 is 17.4. The molecule has 5 heteroatoms. The van der Waals surface area contributed by atoms with Crippen LogP contribution in [0, 0.1) is 0 Å². The van der Waals surface area contributed by atoms with Crippen molar-refractivity contribution < 1.29 is 18.7 Å².